The summed E-state index contributed by atoms with van der Waals surface area (Å²) >= 11 is 7.35. The number of rotatable bonds is 5. The van der Waals surface area contributed by atoms with Crippen molar-refractivity contribution in [3.63, 3.8) is 0 Å². The summed E-state index contributed by atoms with van der Waals surface area (Å²) in [5, 5.41) is 15.5. The fraction of sp³-hybridized carbons (Fsp3) is 0.0952. The minimum atomic E-state index is -0.421. The second-order valence-corrected chi connectivity index (χ2v) is 7.15. The van der Waals surface area contributed by atoms with E-state index in [4.69, 9.17) is 11.6 Å². The van der Waals surface area contributed by atoms with Crippen LogP contribution in [-0.2, 0) is 4.79 Å². The lowest BCUT2D eigenvalue weighted by Crippen LogP contribution is -2.27. The van der Waals surface area contributed by atoms with Gasteiger partial charge in [-0.2, -0.15) is 5.26 Å². The smallest absolute Gasteiger partial charge is 0.262 e. The Morgan fingerprint density at radius 3 is 2.59 bits per heavy atom. The van der Waals surface area contributed by atoms with E-state index >= 15 is 0 Å². The van der Waals surface area contributed by atoms with E-state index in [0.29, 0.717) is 10.7 Å². The molecular weight excluding hydrogens is 378 g/mol. The number of hydrogen-bond donors (Lipinski definition) is 1. The molecule has 2 aromatic carbocycles. The molecular formula is C21H16ClN3OS. The first-order valence-electron chi connectivity index (χ1n) is 8.26. The van der Waals surface area contributed by atoms with E-state index in [1.165, 1.54) is 17.4 Å². The van der Waals surface area contributed by atoms with Crippen molar-refractivity contribution in [3.05, 3.63) is 81.8 Å². The zero-order valence-electron chi connectivity index (χ0n) is 14.5. The topological polar surface area (TPSA) is 65.8 Å². The molecule has 0 radical (unpaired) electrons. The van der Waals surface area contributed by atoms with Gasteiger partial charge < -0.3 is 5.32 Å². The summed E-state index contributed by atoms with van der Waals surface area (Å²) in [6.45, 7) is 1.88. The Morgan fingerprint density at radius 1 is 1.22 bits per heavy atom. The lowest BCUT2D eigenvalue weighted by molar-refractivity contribution is -0.117. The third kappa shape index (κ3) is 4.82. The molecule has 0 aliphatic rings. The van der Waals surface area contributed by atoms with E-state index in [0.717, 1.165) is 16.1 Å². The van der Waals surface area contributed by atoms with Crippen LogP contribution in [0.15, 0.2) is 65.6 Å². The van der Waals surface area contributed by atoms with E-state index in [1.54, 1.807) is 12.1 Å². The molecule has 0 saturated heterocycles. The first-order valence-corrected chi connectivity index (χ1v) is 9.51. The van der Waals surface area contributed by atoms with Crippen LogP contribution in [0, 0.1) is 11.3 Å². The fourth-order valence-corrected chi connectivity index (χ4v) is 3.38. The molecule has 1 amide bonds. The third-order valence-corrected chi connectivity index (χ3v) is 5.08. The normalized spacial score (nSPS) is 12.3. The highest BCUT2D eigenvalue weighted by atomic mass is 35.5. The van der Waals surface area contributed by atoms with Gasteiger partial charge in [0.2, 0.25) is 0 Å². The van der Waals surface area contributed by atoms with E-state index in [2.05, 4.69) is 10.3 Å². The summed E-state index contributed by atoms with van der Waals surface area (Å²) in [5.41, 5.74) is 2.50. The van der Waals surface area contributed by atoms with Gasteiger partial charge >= 0.3 is 0 Å². The van der Waals surface area contributed by atoms with Gasteiger partial charge in [-0.3, -0.25) is 4.79 Å². The molecule has 1 unspecified atom stereocenters. The first-order chi connectivity index (χ1) is 13.1. The maximum Gasteiger partial charge on any atom is 0.262 e. The number of thiazole rings is 1. The molecule has 0 aliphatic heterocycles. The number of hydrogen-bond acceptors (Lipinski definition) is 4. The average molecular weight is 394 g/mol. The van der Waals surface area contributed by atoms with Crippen LogP contribution in [-0.4, -0.2) is 10.9 Å². The van der Waals surface area contributed by atoms with Crippen molar-refractivity contribution in [1.82, 2.24) is 10.3 Å². The van der Waals surface area contributed by atoms with Crippen molar-refractivity contribution < 1.29 is 4.79 Å². The molecule has 1 aromatic heterocycles. The molecule has 1 N–H and O–H groups in total. The molecule has 134 valence electrons. The van der Waals surface area contributed by atoms with Crippen molar-refractivity contribution in [3.8, 4) is 16.6 Å². The summed E-state index contributed by atoms with van der Waals surface area (Å²) in [6, 6.07) is 18.7. The fourth-order valence-electron chi connectivity index (χ4n) is 2.47. The van der Waals surface area contributed by atoms with Crippen LogP contribution in [0.2, 0.25) is 5.02 Å². The minimum Gasteiger partial charge on any atom is -0.345 e. The highest BCUT2D eigenvalue weighted by Crippen LogP contribution is 2.26. The number of nitriles is 1. The number of halogens is 1. The van der Waals surface area contributed by atoms with E-state index in [1.807, 2.05) is 60.8 Å². The van der Waals surface area contributed by atoms with Gasteiger partial charge in [-0.15, -0.1) is 11.3 Å². The largest absolute Gasteiger partial charge is 0.345 e. The predicted molar refractivity (Wildman–Crippen MR) is 109 cm³/mol. The molecule has 0 fully saturated rings. The summed E-state index contributed by atoms with van der Waals surface area (Å²) in [5.74, 6) is -0.421. The maximum absolute atomic E-state index is 12.4. The average Bonchev–Trinajstić information content (AvgIpc) is 3.16. The van der Waals surface area contributed by atoms with Crippen LogP contribution in [0.4, 0.5) is 0 Å². The number of aromatic nitrogens is 1. The van der Waals surface area contributed by atoms with E-state index in [9.17, 15) is 10.1 Å². The first kappa shape index (κ1) is 18.8. The van der Waals surface area contributed by atoms with Crippen LogP contribution < -0.4 is 5.32 Å². The second kappa shape index (κ2) is 8.63. The summed E-state index contributed by atoms with van der Waals surface area (Å²) < 4.78 is 0. The van der Waals surface area contributed by atoms with Gasteiger partial charge in [0.05, 0.1) is 11.7 Å². The highest BCUT2D eigenvalue weighted by Gasteiger charge is 2.14. The van der Waals surface area contributed by atoms with Crippen LogP contribution in [0.5, 0.6) is 0 Å². The Hall–Kier alpha value is -2.94. The SMILES string of the molecule is CC(NC(=O)/C(C#N)=C/c1csc(-c2ccc(Cl)cc2)n1)c1ccccc1. The number of benzene rings is 2. The Bertz CT molecular complexity index is 1000. The van der Waals surface area contributed by atoms with Crippen LogP contribution >= 0.6 is 22.9 Å². The van der Waals surface area contributed by atoms with E-state index < -0.39 is 5.91 Å². The minimum absolute atomic E-state index is 0.0192. The Labute approximate surface area is 166 Å². The van der Waals surface area contributed by atoms with Crippen LogP contribution in [0.1, 0.15) is 24.2 Å². The van der Waals surface area contributed by atoms with Crippen molar-refractivity contribution in [1.29, 1.82) is 5.26 Å². The number of nitrogens with zero attached hydrogens (tertiary/aromatic N) is 2. The molecule has 0 bridgehead atoms. The van der Waals surface area contributed by atoms with Gasteiger partial charge in [0.1, 0.15) is 16.6 Å². The predicted octanol–water partition coefficient (Wildman–Crippen LogP) is 5.25. The van der Waals surface area contributed by atoms with Gasteiger partial charge in [-0.05, 0) is 30.7 Å². The molecule has 3 rings (SSSR count). The number of carbonyl (C=O) groups is 1. The Balaban J connectivity index is 1.75. The van der Waals surface area contributed by atoms with Crippen molar-refractivity contribution >= 4 is 34.9 Å². The van der Waals surface area contributed by atoms with Crippen molar-refractivity contribution in [2.75, 3.05) is 0 Å². The molecule has 1 atom stereocenters. The molecule has 6 heteroatoms. The third-order valence-electron chi connectivity index (χ3n) is 3.92. The molecule has 0 spiro atoms. The number of amides is 1. The molecule has 0 saturated carbocycles. The van der Waals surface area contributed by atoms with Crippen LogP contribution in [0.3, 0.4) is 0 Å². The Kier molecular flexibility index (Phi) is 6.02. The summed E-state index contributed by atoms with van der Waals surface area (Å²) in [6.07, 6.45) is 1.50. The van der Waals surface area contributed by atoms with Gasteiger partial charge in [0.25, 0.3) is 5.91 Å². The van der Waals surface area contributed by atoms with Gasteiger partial charge in [0.15, 0.2) is 0 Å². The van der Waals surface area contributed by atoms with Gasteiger partial charge in [-0.25, -0.2) is 4.98 Å². The second-order valence-electron chi connectivity index (χ2n) is 5.86. The van der Waals surface area contributed by atoms with Gasteiger partial charge in [-0.1, -0.05) is 54.1 Å². The molecule has 4 nitrogen and oxygen atoms in total. The zero-order chi connectivity index (χ0) is 19.2. The van der Waals surface area contributed by atoms with Crippen molar-refractivity contribution in [2.24, 2.45) is 0 Å². The molecule has 0 aliphatic carbocycles. The number of nitrogens with one attached hydrogen (secondary N) is 1. The molecule has 1 heterocycles. The zero-order valence-corrected chi connectivity index (χ0v) is 16.1. The highest BCUT2D eigenvalue weighted by molar-refractivity contribution is 7.13. The lowest BCUT2D eigenvalue weighted by Gasteiger charge is -2.13. The Morgan fingerprint density at radius 2 is 1.93 bits per heavy atom. The molecule has 3 aromatic rings. The molecule has 27 heavy (non-hydrogen) atoms. The van der Waals surface area contributed by atoms with Crippen LogP contribution in [0.25, 0.3) is 16.6 Å². The monoisotopic (exact) mass is 393 g/mol. The quantitative estimate of drug-likeness (QED) is 0.475. The van der Waals surface area contributed by atoms with Gasteiger partial charge in [0, 0.05) is 16.0 Å². The standard InChI is InChI=1S/C21H16ClN3OS/c1-14(15-5-3-2-4-6-15)24-20(26)17(12-23)11-19-13-27-21(25-19)16-7-9-18(22)10-8-16/h2-11,13-14H,1H3,(H,24,26)/b17-11+. The maximum atomic E-state index is 12.4. The van der Waals surface area contributed by atoms with E-state index in [-0.39, 0.29) is 11.6 Å². The number of carbonyl (C=O) groups excluding carboxylic acids is 1. The summed E-state index contributed by atoms with van der Waals surface area (Å²) in [4.78, 5) is 16.9. The van der Waals surface area contributed by atoms with Crippen molar-refractivity contribution in [2.45, 2.75) is 13.0 Å². The lowest BCUT2D eigenvalue weighted by atomic mass is 10.1. The summed E-state index contributed by atoms with van der Waals surface area (Å²) in [7, 11) is 0.